The SMILES string of the molecule is CCCN(CC1CCNCC1)CC1CCSC1. The van der Waals surface area contributed by atoms with Gasteiger partial charge in [-0.3, -0.25) is 0 Å². The fourth-order valence-electron chi connectivity index (χ4n) is 3.10. The molecule has 0 amide bonds. The standard InChI is InChI=1S/C14H28N2S/c1-2-8-16(11-14-5-9-17-12-14)10-13-3-6-15-7-4-13/h13-15H,2-12H2,1H3. The van der Waals surface area contributed by atoms with Crippen molar-refractivity contribution in [2.24, 2.45) is 11.8 Å². The molecule has 0 aliphatic carbocycles. The second-order valence-electron chi connectivity index (χ2n) is 5.68. The van der Waals surface area contributed by atoms with Crippen LogP contribution < -0.4 is 5.32 Å². The van der Waals surface area contributed by atoms with E-state index in [1.54, 1.807) is 0 Å². The van der Waals surface area contributed by atoms with Gasteiger partial charge in [0.1, 0.15) is 0 Å². The largest absolute Gasteiger partial charge is 0.317 e. The van der Waals surface area contributed by atoms with Gasteiger partial charge in [0.25, 0.3) is 0 Å². The Balaban J connectivity index is 1.74. The Hall–Kier alpha value is 0.270. The van der Waals surface area contributed by atoms with Crippen LogP contribution in [0.4, 0.5) is 0 Å². The minimum absolute atomic E-state index is 0.955. The molecule has 0 radical (unpaired) electrons. The van der Waals surface area contributed by atoms with E-state index in [0.29, 0.717) is 0 Å². The molecule has 2 fully saturated rings. The molecule has 1 N–H and O–H groups in total. The molecule has 100 valence electrons. The van der Waals surface area contributed by atoms with Crippen molar-refractivity contribution >= 4 is 11.8 Å². The van der Waals surface area contributed by atoms with Crippen LogP contribution in [-0.2, 0) is 0 Å². The summed E-state index contributed by atoms with van der Waals surface area (Å²) in [7, 11) is 0. The van der Waals surface area contributed by atoms with Crippen LogP contribution in [0.5, 0.6) is 0 Å². The molecule has 2 aliphatic heterocycles. The van der Waals surface area contributed by atoms with Crippen LogP contribution in [0.1, 0.15) is 32.6 Å². The molecular weight excluding hydrogens is 228 g/mol. The van der Waals surface area contributed by atoms with Gasteiger partial charge in [0.2, 0.25) is 0 Å². The zero-order valence-corrected chi connectivity index (χ0v) is 12.1. The summed E-state index contributed by atoms with van der Waals surface area (Å²) < 4.78 is 0. The van der Waals surface area contributed by atoms with Crippen molar-refractivity contribution in [2.75, 3.05) is 44.2 Å². The van der Waals surface area contributed by atoms with Crippen molar-refractivity contribution < 1.29 is 0 Å². The van der Waals surface area contributed by atoms with E-state index in [0.717, 1.165) is 11.8 Å². The minimum atomic E-state index is 0.955. The van der Waals surface area contributed by atoms with Crippen molar-refractivity contribution in [1.82, 2.24) is 10.2 Å². The van der Waals surface area contributed by atoms with E-state index in [4.69, 9.17) is 0 Å². The highest BCUT2D eigenvalue weighted by atomic mass is 32.2. The quantitative estimate of drug-likeness (QED) is 0.786. The van der Waals surface area contributed by atoms with Crippen molar-refractivity contribution in [2.45, 2.75) is 32.6 Å². The summed E-state index contributed by atoms with van der Waals surface area (Å²) in [6.07, 6.45) is 5.54. The highest BCUT2D eigenvalue weighted by molar-refractivity contribution is 7.99. The molecule has 2 rings (SSSR count). The smallest absolute Gasteiger partial charge is 0.00180 e. The molecule has 1 atom stereocenters. The lowest BCUT2D eigenvalue weighted by molar-refractivity contribution is 0.185. The first-order chi connectivity index (χ1) is 8.38. The molecule has 3 heteroatoms. The first-order valence-electron chi connectivity index (χ1n) is 7.39. The zero-order valence-electron chi connectivity index (χ0n) is 11.3. The van der Waals surface area contributed by atoms with Gasteiger partial charge in [-0.2, -0.15) is 11.8 Å². The monoisotopic (exact) mass is 256 g/mol. The molecule has 2 nitrogen and oxygen atoms in total. The highest BCUT2D eigenvalue weighted by Crippen LogP contribution is 2.25. The van der Waals surface area contributed by atoms with Crippen LogP contribution in [0.2, 0.25) is 0 Å². The van der Waals surface area contributed by atoms with Gasteiger partial charge in [0.05, 0.1) is 0 Å². The molecule has 2 aliphatic rings. The first-order valence-corrected chi connectivity index (χ1v) is 8.54. The molecule has 0 aromatic heterocycles. The summed E-state index contributed by atoms with van der Waals surface area (Å²) >= 11 is 2.15. The summed E-state index contributed by atoms with van der Waals surface area (Å²) in [5, 5.41) is 3.47. The average Bonchev–Trinajstić information content (AvgIpc) is 2.83. The Labute approximate surface area is 111 Å². The third-order valence-corrected chi connectivity index (χ3v) is 5.29. The van der Waals surface area contributed by atoms with E-state index in [1.807, 2.05) is 0 Å². The van der Waals surface area contributed by atoms with E-state index in [-0.39, 0.29) is 0 Å². The Bertz CT molecular complexity index is 198. The van der Waals surface area contributed by atoms with Crippen LogP contribution >= 0.6 is 11.8 Å². The molecule has 2 saturated heterocycles. The number of hydrogen-bond donors (Lipinski definition) is 1. The molecule has 0 spiro atoms. The second-order valence-corrected chi connectivity index (χ2v) is 6.83. The summed E-state index contributed by atoms with van der Waals surface area (Å²) in [6, 6.07) is 0. The molecule has 0 saturated carbocycles. The molecule has 2 heterocycles. The first kappa shape index (κ1) is 13.7. The Kier molecular flexibility index (Phi) is 6.16. The van der Waals surface area contributed by atoms with Gasteiger partial charge in [-0.05, 0) is 68.7 Å². The summed E-state index contributed by atoms with van der Waals surface area (Å²) in [5.74, 6) is 4.75. The van der Waals surface area contributed by atoms with Crippen LogP contribution in [-0.4, -0.2) is 49.1 Å². The summed E-state index contributed by atoms with van der Waals surface area (Å²) in [4.78, 5) is 2.76. The number of nitrogens with one attached hydrogen (secondary N) is 1. The third-order valence-electron chi connectivity index (χ3n) is 4.06. The third kappa shape index (κ3) is 4.80. The van der Waals surface area contributed by atoms with E-state index < -0.39 is 0 Å². The van der Waals surface area contributed by atoms with Crippen molar-refractivity contribution in [3.8, 4) is 0 Å². The molecule has 0 aromatic rings. The minimum Gasteiger partial charge on any atom is -0.317 e. The maximum atomic E-state index is 3.47. The maximum absolute atomic E-state index is 3.47. The second kappa shape index (κ2) is 7.65. The van der Waals surface area contributed by atoms with Crippen molar-refractivity contribution in [1.29, 1.82) is 0 Å². The van der Waals surface area contributed by atoms with Gasteiger partial charge in [-0.15, -0.1) is 0 Å². The highest BCUT2D eigenvalue weighted by Gasteiger charge is 2.21. The van der Waals surface area contributed by atoms with Crippen LogP contribution in [0.25, 0.3) is 0 Å². The number of thioether (sulfide) groups is 1. The Morgan fingerprint density at radius 3 is 2.53 bits per heavy atom. The molecule has 17 heavy (non-hydrogen) atoms. The van der Waals surface area contributed by atoms with Crippen LogP contribution in [0.15, 0.2) is 0 Å². The van der Waals surface area contributed by atoms with Gasteiger partial charge in [-0.1, -0.05) is 6.92 Å². The van der Waals surface area contributed by atoms with E-state index in [1.165, 1.54) is 69.9 Å². The number of hydrogen-bond acceptors (Lipinski definition) is 3. The van der Waals surface area contributed by atoms with Crippen LogP contribution in [0, 0.1) is 11.8 Å². The van der Waals surface area contributed by atoms with Gasteiger partial charge < -0.3 is 10.2 Å². The number of nitrogens with zero attached hydrogens (tertiary/aromatic N) is 1. The molecular formula is C14H28N2S. The summed E-state index contributed by atoms with van der Waals surface area (Å²) in [5.41, 5.74) is 0. The van der Waals surface area contributed by atoms with E-state index in [2.05, 4.69) is 28.9 Å². The van der Waals surface area contributed by atoms with Crippen LogP contribution in [0.3, 0.4) is 0 Å². The number of rotatable bonds is 6. The van der Waals surface area contributed by atoms with Crippen molar-refractivity contribution in [3.63, 3.8) is 0 Å². The van der Waals surface area contributed by atoms with Gasteiger partial charge in [-0.25, -0.2) is 0 Å². The zero-order chi connectivity index (χ0) is 11.9. The normalized spacial score (nSPS) is 26.8. The Morgan fingerprint density at radius 2 is 1.88 bits per heavy atom. The molecule has 1 unspecified atom stereocenters. The average molecular weight is 256 g/mol. The Morgan fingerprint density at radius 1 is 1.12 bits per heavy atom. The van der Waals surface area contributed by atoms with E-state index >= 15 is 0 Å². The van der Waals surface area contributed by atoms with Gasteiger partial charge in [0, 0.05) is 13.1 Å². The lowest BCUT2D eigenvalue weighted by Crippen LogP contribution is -2.38. The topological polar surface area (TPSA) is 15.3 Å². The lowest BCUT2D eigenvalue weighted by atomic mass is 9.97. The molecule has 0 aromatic carbocycles. The predicted molar refractivity (Wildman–Crippen MR) is 77.8 cm³/mol. The van der Waals surface area contributed by atoms with Gasteiger partial charge >= 0.3 is 0 Å². The summed E-state index contributed by atoms with van der Waals surface area (Å²) in [6.45, 7) is 8.83. The fourth-order valence-corrected chi connectivity index (χ4v) is 4.37. The maximum Gasteiger partial charge on any atom is 0.00180 e. The van der Waals surface area contributed by atoms with Crippen molar-refractivity contribution in [3.05, 3.63) is 0 Å². The number of piperidine rings is 1. The predicted octanol–water partition coefficient (Wildman–Crippen LogP) is 2.45. The van der Waals surface area contributed by atoms with Gasteiger partial charge in [0.15, 0.2) is 0 Å². The van der Waals surface area contributed by atoms with E-state index in [9.17, 15) is 0 Å². The molecule has 0 bridgehead atoms. The fraction of sp³-hybridized carbons (Fsp3) is 1.00. The lowest BCUT2D eigenvalue weighted by Gasteiger charge is -2.31.